The van der Waals surface area contributed by atoms with Crippen LogP contribution < -0.4 is 5.32 Å². The molecule has 1 rings (SSSR count). The Morgan fingerprint density at radius 2 is 2.00 bits per heavy atom. The predicted molar refractivity (Wildman–Crippen MR) is 91.2 cm³/mol. The van der Waals surface area contributed by atoms with Gasteiger partial charge in [-0.1, -0.05) is 38.4 Å². The summed E-state index contributed by atoms with van der Waals surface area (Å²) in [6.45, 7) is 6.49. The number of amides is 1. The summed E-state index contributed by atoms with van der Waals surface area (Å²) in [4.78, 5) is 12.0. The van der Waals surface area contributed by atoms with E-state index in [-0.39, 0.29) is 11.3 Å². The molecule has 0 spiro atoms. The van der Waals surface area contributed by atoms with E-state index in [4.69, 9.17) is 11.6 Å². The molecular formula is C16H24ClNO2S. The minimum Gasteiger partial charge on any atom is -0.325 e. The maximum Gasteiger partial charge on any atom is 0.224 e. The zero-order valence-corrected chi connectivity index (χ0v) is 14.7. The third-order valence-corrected chi connectivity index (χ3v) is 4.07. The second-order valence-electron chi connectivity index (χ2n) is 6.49. The van der Waals surface area contributed by atoms with Gasteiger partial charge in [0, 0.05) is 29.2 Å². The summed E-state index contributed by atoms with van der Waals surface area (Å²) in [5.74, 6) is 0.431. The molecule has 1 aromatic carbocycles. The first kappa shape index (κ1) is 18.2. The first-order valence-corrected chi connectivity index (χ1v) is 9.16. The Morgan fingerprint density at radius 1 is 1.33 bits per heavy atom. The van der Waals surface area contributed by atoms with E-state index < -0.39 is 10.8 Å². The number of hydrogen-bond donors (Lipinski definition) is 1. The molecule has 1 atom stereocenters. The number of halogens is 1. The largest absolute Gasteiger partial charge is 0.325 e. The number of anilines is 1. The van der Waals surface area contributed by atoms with Crippen LogP contribution in [-0.4, -0.2) is 16.4 Å². The van der Waals surface area contributed by atoms with Gasteiger partial charge < -0.3 is 5.32 Å². The highest BCUT2D eigenvalue weighted by molar-refractivity contribution is 7.83. The Morgan fingerprint density at radius 3 is 2.57 bits per heavy atom. The first-order chi connectivity index (χ1) is 9.67. The smallest absolute Gasteiger partial charge is 0.224 e. The van der Waals surface area contributed by atoms with Crippen molar-refractivity contribution in [3.63, 3.8) is 0 Å². The van der Waals surface area contributed by atoms with E-state index in [0.717, 1.165) is 18.4 Å². The summed E-state index contributed by atoms with van der Waals surface area (Å²) in [5, 5.41) is 3.34. The van der Waals surface area contributed by atoms with Crippen molar-refractivity contribution < 1.29 is 9.00 Å². The standard InChI is InChI=1S/C16H24ClNO2S/c1-16(2,3)9-5-6-15(19)18-14-10-12(11-21(4)20)7-8-13(14)17/h7-8,10H,5-6,9,11H2,1-4H3,(H,18,19). The normalized spacial score (nSPS) is 13.0. The molecular weight excluding hydrogens is 306 g/mol. The van der Waals surface area contributed by atoms with Crippen LogP contribution in [-0.2, 0) is 21.3 Å². The fraction of sp³-hybridized carbons (Fsp3) is 0.562. The van der Waals surface area contributed by atoms with E-state index in [1.165, 1.54) is 0 Å². The van der Waals surface area contributed by atoms with Crippen LogP contribution >= 0.6 is 11.6 Å². The van der Waals surface area contributed by atoms with Gasteiger partial charge in [-0.05, 0) is 36.0 Å². The average Bonchev–Trinajstić information content (AvgIpc) is 2.31. The van der Waals surface area contributed by atoms with Gasteiger partial charge in [0.25, 0.3) is 0 Å². The van der Waals surface area contributed by atoms with Crippen molar-refractivity contribution in [2.75, 3.05) is 11.6 Å². The number of carbonyl (C=O) groups is 1. The van der Waals surface area contributed by atoms with Crippen LogP contribution in [0.3, 0.4) is 0 Å². The molecule has 0 bridgehead atoms. The molecule has 0 aliphatic carbocycles. The maximum atomic E-state index is 12.0. The lowest BCUT2D eigenvalue weighted by atomic mass is 9.90. The highest BCUT2D eigenvalue weighted by Gasteiger charge is 2.12. The molecule has 0 aliphatic rings. The summed E-state index contributed by atoms with van der Waals surface area (Å²) in [5.41, 5.74) is 1.74. The summed E-state index contributed by atoms with van der Waals surface area (Å²) in [6.07, 6.45) is 3.99. The minimum atomic E-state index is -0.915. The SMILES string of the molecule is CS(=O)Cc1ccc(Cl)c(NC(=O)CCCC(C)(C)C)c1. The van der Waals surface area contributed by atoms with E-state index >= 15 is 0 Å². The number of nitrogens with one attached hydrogen (secondary N) is 1. The van der Waals surface area contributed by atoms with Gasteiger partial charge in [-0.2, -0.15) is 0 Å². The predicted octanol–water partition coefficient (Wildman–Crippen LogP) is 4.37. The molecule has 0 aliphatic heterocycles. The topological polar surface area (TPSA) is 46.2 Å². The molecule has 3 nitrogen and oxygen atoms in total. The van der Waals surface area contributed by atoms with E-state index in [2.05, 4.69) is 26.1 Å². The van der Waals surface area contributed by atoms with E-state index in [9.17, 15) is 9.00 Å². The zero-order valence-electron chi connectivity index (χ0n) is 13.2. The van der Waals surface area contributed by atoms with Crippen LogP contribution in [0.5, 0.6) is 0 Å². The monoisotopic (exact) mass is 329 g/mol. The van der Waals surface area contributed by atoms with E-state index in [1.54, 1.807) is 18.4 Å². The molecule has 5 heteroatoms. The molecule has 0 fully saturated rings. The van der Waals surface area contributed by atoms with E-state index in [0.29, 0.717) is 22.9 Å². The highest BCUT2D eigenvalue weighted by Crippen LogP contribution is 2.25. The van der Waals surface area contributed by atoms with Crippen molar-refractivity contribution in [3.8, 4) is 0 Å². The third kappa shape index (κ3) is 7.63. The van der Waals surface area contributed by atoms with Gasteiger partial charge >= 0.3 is 0 Å². The molecule has 0 heterocycles. The van der Waals surface area contributed by atoms with Crippen molar-refractivity contribution in [2.24, 2.45) is 5.41 Å². The Hall–Kier alpha value is -0.870. The van der Waals surface area contributed by atoms with Crippen LogP contribution in [0.1, 0.15) is 45.6 Å². The second kappa shape index (κ2) is 7.95. The molecule has 0 saturated heterocycles. The average molecular weight is 330 g/mol. The van der Waals surface area contributed by atoms with Gasteiger partial charge in [-0.15, -0.1) is 0 Å². The van der Waals surface area contributed by atoms with Crippen LogP contribution in [0.2, 0.25) is 5.02 Å². The molecule has 0 saturated carbocycles. The molecule has 0 aromatic heterocycles. The molecule has 118 valence electrons. The number of benzene rings is 1. The number of hydrogen-bond acceptors (Lipinski definition) is 2. The summed E-state index contributed by atoms with van der Waals surface area (Å²) < 4.78 is 11.3. The lowest BCUT2D eigenvalue weighted by Crippen LogP contribution is -2.13. The van der Waals surface area contributed by atoms with Crippen molar-refractivity contribution in [1.82, 2.24) is 0 Å². The second-order valence-corrected chi connectivity index (χ2v) is 8.34. The summed E-state index contributed by atoms with van der Waals surface area (Å²) in [6, 6.07) is 5.36. The molecule has 0 radical (unpaired) electrons. The van der Waals surface area contributed by atoms with E-state index in [1.807, 2.05) is 6.07 Å². The lowest BCUT2D eigenvalue weighted by Gasteiger charge is -2.17. The molecule has 1 unspecified atom stereocenters. The molecule has 1 aromatic rings. The Kier molecular flexibility index (Phi) is 6.88. The lowest BCUT2D eigenvalue weighted by molar-refractivity contribution is -0.116. The first-order valence-electron chi connectivity index (χ1n) is 7.06. The Labute approximate surface area is 134 Å². The van der Waals surface area contributed by atoms with Crippen LogP contribution in [0.25, 0.3) is 0 Å². The van der Waals surface area contributed by atoms with Crippen molar-refractivity contribution in [3.05, 3.63) is 28.8 Å². The number of carbonyl (C=O) groups excluding carboxylic acids is 1. The summed E-state index contributed by atoms with van der Waals surface area (Å²) in [7, 11) is -0.915. The third-order valence-electron chi connectivity index (χ3n) is 3.01. The quantitative estimate of drug-likeness (QED) is 0.842. The molecule has 1 amide bonds. The fourth-order valence-electron chi connectivity index (χ4n) is 1.98. The Balaban J connectivity index is 2.60. The van der Waals surface area contributed by atoms with Crippen LogP contribution in [0, 0.1) is 5.41 Å². The maximum absolute atomic E-state index is 12.0. The van der Waals surface area contributed by atoms with Crippen LogP contribution in [0.4, 0.5) is 5.69 Å². The number of rotatable bonds is 6. The van der Waals surface area contributed by atoms with Gasteiger partial charge in [0.05, 0.1) is 10.7 Å². The molecule has 1 N–H and O–H groups in total. The summed E-state index contributed by atoms with van der Waals surface area (Å²) >= 11 is 6.09. The zero-order chi connectivity index (χ0) is 16.0. The van der Waals surface area contributed by atoms with Crippen molar-refractivity contribution >= 4 is 34.0 Å². The fourth-order valence-corrected chi connectivity index (χ4v) is 2.80. The Bertz CT molecular complexity index is 523. The van der Waals surface area contributed by atoms with Crippen molar-refractivity contribution in [2.45, 2.75) is 45.8 Å². The van der Waals surface area contributed by atoms with Gasteiger partial charge in [-0.3, -0.25) is 9.00 Å². The van der Waals surface area contributed by atoms with Crippen LogP contribution in [0.15, 0.2) is 18.2 Å². The van der Waals surface area contributed by atoms with Gasteiger partial charge in [0.2, 0.25) is 5.91 Å². The minimum absolute atomic E-state index is 0.0316. The van der Waals surface area contributed by atoms with Gasteiger partial charge in [-0.25, -0.2) is 0 Å². The molecule has 21 heavy (non-hydrogen) atoms. The highest BCUT2D eigenvalue weighted by atomic mass is 35.5. The van der Waals surface area contributed by atoms with Crippen molar-refractivity contribution in [1.29, 1.82) is 0 Å². The van der Waals surface area contributed by atoms with Gasteiger partial charge in [0.1, 0.15) is 0 Å². The van der Waals surface area contributed by atoms with Gasteiger partial charge in [0.15, 0.2) is 0 Å².